The molecular formula is C25H29N3O8. The van der Waals surface area contributed by atoms with E-state index in [1.165, 1.54) is 29.2 Å². The summed E-state index contributed by atoms with van der Waals surface area (Å²) in [6.07, 6.45) is -1.81. The van der Waals surface area contributed by atoms with Gasteiger partial charge in [0.1, 0.15) is 18.3 Å². The average molecular weight is 500 g/mol. The topological polar surface area (TPSA) is 137 Å². The molecular weight excluding hydrogens is 470 g/mol. The van der Waals surface area contributed by atoms with Crippen LogP contribution < -0.4 is 5.32 Å². The van der Waals surface area contributed by atoms with Gasteiger partial charge in [0.05, 0.1) is 16.5 Å². The fourth-order valence-electron chi connectivity index (χ4n) is 3.57. The minimum absolute atomic E-state index is 0.0328. The van der Waals surface area contributed by atoms with Gasteiger partial charge in [-0.2, -0.15) is 0 Å². The van der Waals surface area contributed by atoms with Gasteiger partial charge in [0.15, 0.2) is 0 Å². The molecule has 36 heavy (non-hydrogen) atoms. The van der Waals surface area contributed by atoms with Crippen molar-refractivity contribution in [3.8, 4) is 0 Å². The molecule has 1 N–H and O–H groups in total. The molecule has 2 unspecified atom stereocenters. The highest BCUT2D eigenvalue weighted by Gasteiger charge is 2.36. The number of likely N-dealkylation sites (tertiary alicyclic amines) is 1. The Morgan fingerprint density at radius 3 is 2.36 bits per heavy atom. The number of alkyl carbamates (subject to hydrolysis) is 1. The van der Waals surface area contributed by atoms with Crippen LogP contribution in [0, 0.1) is 10.1 Å². The SMILES string of the molecule is CC(C)(C)OC(=O)NC1CN(C(=O)OCc2ccccc2)CCC1OC(=O)c1ccc([N+](=O)[O-])cc1. The predicted octanol–water partition coefficient (Wildman–Crippen LogP) is 4.06. The Kier molecular flexibility index (Phi) is 8.46. The molecule has 11 heteroatoms. The Bertz CT molecular complexity index is 1080. The highest BCUT2D eigenvalue weighted by atomic mass is 16.6. The Labute approximate surface area is 208 Å². The highest BCUT2D eigenvalue weighted by Crippen LogP contribution is 2.20. The summed E-state index contributed by atoms with van der Waals surface area (Å²) < 4.78 is 16.3. The Hall–Kier alpha value is -4.15. The highest BCUT2D eigenvalue weighted by molar-refractivity contribution is 5.89. The van der Waals surface area contributed by atoms with Crippen LogP contribution in [0.2, 0.25) is 0 Å². The zero-order valence-electron chi connectivity index (χ0n) is 20.3. The number of nitro groups is 1. The average Bonchev–Trinajstić information content (AvgIpc) is 2.83. The first kappa shape index (κ1) is 26.5. The van der Waals surface area contributed by atoms with Gasteiger partial charge in [-0.05, 0) is 38.5 Å². The molecule has 0 aromatic heterocycles. The third-order valence-corrected chi connectivity index (χ3v) is 5.29. The van der Waals surface area contributed by atoms with E-state index >= 15 is 0 Å². The van der Waals surface area contributed by atoms with Gasteiger partial charge in [0.2, 0.25) is 0 Å². The third-order valence-electron chi connectivity index (χ3n) is 5.29. The largest absolute Gasteiger partial charge is 0.456 e. The van der Waals surface area contributed by atoms with Gasteiger partial charge in [-0.1, -0.05) is 30.3 Å². The number of ether oxygens (including phenoxy) is 3. The number of non-ortho nitro benzene ring substituents is 1. The monoisotopic (exact) mass is 499 g/mol. The maximum Gasteiger partial charge on any atom is 0.410 e. The van der Waals surface area contributed by atoms with E-state index < -0.39 is 40.8 Å². The van der Waals surface area contributed by atoms with Crippen LogP contribution in [0.3, 0.4) is 0 Å². The minimum Gasteiger partial charge on any atom is -0.456 e. The first-order chi connectivity index (χ1) is 17.0. The number of rotatable bonds is 6. The second kappa shape index (κ2) is 11.5. The lowest BCUT2D eigenvalue weighted by Gasteiger charge is -2.38. The molecule has 2 atom stereocenters. The molecule has 11 nitrogen and oxygen atoms in total. The molecule has 0 saturated carbocycles. The Morgan fingerprint density at radius 1 is 1.08 bits per heavy atom. The zero-order chi connectivity index (χ0) is 26.3. The molecule has 2 amide bonds. The van der Waals surface area contributed by atoms with Crippen LogP contribution in [0.5, 0.6) is 0 Å². The summed E-state index contributed by atoms with van der Waals surface area (Å²) in [5, 5.41) is 13.5. The summed E-state index contributed by atoms with van der Waals surface area (Å²) in [6, 6.07) is 13.5. The normalized spacial score (nSPS) is 17.6. The first-order valence-corrected chi connectivity index (χ1v) is 11.4. The van der Waals surface area contributed by atoms with E-state index in [0.717, 1.165) is 5.56 Å². The summed E-state index contributed by atoms with van der Waals surface area (Å²) >= 11 is 0. The molecule has 1 fully saturated rings. The second-order valence-electron chi connectivity index (χ2n) is 9.28. The maximum absolute atomic E-state index is 12.7. The molecule has 1 saturated heterocycles. The van der Waals surface area contributed by atoms with E-state index in [-0.39, 0.29) is 37.4 Å². The minimum atomic E-state index is -0.765. The van der Waals surface area contributed by atoms with Crippen LogP contribution in [0.25, 0.3) is 0 Å². The van der Waals surface area contributed by atoms with E-state index in [1.807, 2.05) is 30.3 Å². The summed E-state index contributed by atoms with van der Waals surface area (Å²) in [7, 11) is 0. The van der Waals surface area contributed by atoms with Gasteiger partial charge in [-0.3, -0.25) is 10.1 Å². The predicted molar refractivity (Wildman–Crippen MR) is 128 cm³/mol. The molecule has 2 aromatic carbocycles. The number of nitro benzene ring substituents is 1. The summed E-state index contributed by atoms with van der Waals surface area (Å²) in [6.45, 7) is 5.51. The van der Waals surface area contributed by atoms with Crippen LogP contribution in [0.15, 0.2) is 54.6 Å². The van der Waals surface area contributed by atoms with Crippen molar-refractivity contribution >= 4 is 23.8 Å². The van der Waals surface area contributed by atoms with Crippen molar-refractivity contribution in [1.29, 1.82) is 0 Å². The zero-order valence-corrected chi connectivity index (χ0v) is 20.3. The molecule has 3 rings (SSSR count). The molecule has 0 spiro atoms. The van der Waals surface area contributed by atoms with E-state index in [9.17, 15) is 24.5 Å². The summed E-state index contributed by atoms with van der Waals surface area (Å²) in [5.41, 5.74) is 0.0543. The third kappa shape index (κ3) is 7.69. The Morgan fingerprint density at radius 2 is 1.75 bits per heavy atom. The lowest BCUT2D eigenvalue weighted by atomic mass is 10.0. The van der Waals surface area contributed by atoms with Crippen LogP contribution in [0.4, 0.5) is 15.3 Å². The van der Waals surface area contributed by atoms with Gasteiger partial charge in [0.25, 0.3) is 5.69 Å². The van der Waals surface area contributed by atoms with Crippen molar-refractivity contribution in [3.63, 3.8) is 0 Å². The lowest BCUT2D eigenvalue weighted by Crippen LogP contribution is -2.58. The number of carbonyl (C=O) groups is 3. The van der Waals surface area contributed by atoms with E-state index in [2.05, 4.69) is 5.32 Å². The van der Waals surface area contributed by atoms with Gasteiger partial charge in [-0.25, -0.2) is 14.4 Å². The van der Waals surface area contributed by atoms with Crippen molar-refractivity contribution in [2.24, 2.45) is 0 Å². The number of carbonyl (C=O) groups excluding carboxylic acids is 3. The van der Waals surface area contributed by atoms with Crippen molar-refractivity contribution in [1.82, 2.24) is 10.2 Å². The van der Waals surface area contributed by atoms with Crippen LogP contribution >= 0.6 is 0 Å². The quantitative estimate of drug-likeness (QED) is 0.272. The van der Waals surface area contributed by atoms with Gasteiger partial charge in [0, 0.05) is 31.6 Å². The van der Waals surface area contributed by atoms with Gasteiger partial charge < -0.3 is 24.4 Å². The number of benzene rings is 2. The number of hydrogen-bond donors (Lipinski definition) is 1. The Balaban J connectivity index is 1.67. The second-order valence-corrected chi connectivity index (χ2v) is 9.28. The van der Waals surface area contributed by atoms with Crippen molar-refractivity contribution < 1.29 is 33.5 Å². The van der Waals surface area contributed by atoms with Crippen LogP contribution in [-0.2, 0) is 20.8 Å². The summed E-state index contributed by atoms with van der Waals surface area (Å²) in [4.78, 5) is 49.5. The molecule has 1 aliphatic rings. The maximum atomic E-state index is 12.7. The number of nitrogens with one attached hydrogen (secondary N) is 1. The smallest absolute Gasteiger partial charge is 0.410 e. The van der Waals surface area contributed by atoms with Gasteiger partial charge >= 0.3 is 18.2 Å². The summed E-state index contributed by atoms with van der Waals surface area (Å²) in [5.74, 6) is -0.703. The number of esters is 1. The number of hydrogen-bond acceptors (Lipinski definition) is 8. The van der Waals surface area contributed by atoms with E-state index in [1.54, 1.807) is 20.8 Å². The van der Waals surface area contributed by atoms with Gasteiger partial charge in [-0.15, -0.1) is 0 Å². The molecule has 0 bridgehead atoms. The van der Waals surface area contributed by atoms with Crippen LogP contribution in [0.1, 0.15) is 43.1 Å². The molecule has 2 aromatic rings. The number of amides is 2. The first-order valence-electron chi connectivity index (χ1n) is 11.4. The molecule has 0 radical (unpaired) electrons. The number of nitrogens with zero attached hydrogens (tertiary/aromatic N) is 2. The van der Waals surface area contributed by atoms with Crippen molar-refractivity contribution in [2.75, 3.05) is 13.1 Å². The molecule has 1 heterocycles. The van der Waals surface area contributed by atoms with Crippen molar-refractivity contribution in [2.45, 2.75) is 51.5 Å². The lowest BCUT2D eigenvalue weighted by molar-refractivity contribution is -0.384. The molecule has 0 aliphatic carbocycles. The van der Waals surface area contributed by atoms with E-state index in [0.29, 0.717) is 0 Å². The number of piperidine rings is 1. The molecule has 192 valence electrons. The van der Waals surface area contributed by atoms with E-state index in [4.69, 9.17) is 14.2 Å². The standard InChI is InChI=1S/C25H29N3O8/c1-25(2,3)36-23(30)26-20-15-27(24(31)34-16-17-7-5-4-6-8-17)14-13-21(20)35-22(29)18-9-11-19(12-10-18)28(32)33/h4-12,20-21H,13-16H2,1-3H3,(H,26,30). The van der Waals surface area contributed by atoms with Crippen LogP contribution in [-0.4, -0.2) is 58.8 Å². The van der Waals surface area contributed by atoms with Crippen molar-refractivity contribution in [3.05, 3.63) is 75.8 Å². The fraction of sp³-hybridized carbons (Fsp3) is 0.400. The fourth-order valence-corrected chi connectivity index (χ4v) is 3.57. The molecule has 1 aliphatic heterocycles.